The molecule has 33 heavy (non-hydrogen) atoms. The van der Waals surface area contributed by atoms with Crippen molar-refractivity contribution in [3.8, 4) is 5.75 Å². The normalized spacial score (nSPS) is 12.5. The molecule has 0 unspecified atom stereocenters. The molecule has 0 aliphatic rings. The Kier molecular flexibility index (Phi) is 7.59. The molecule has 1 heterocycles. The zero-order chi connectivity index (χ0) is 24.0. The fraction of sp³-hybridized carbons (Fsp3) is 0.304. The van der Waals surface area contributed by atoms with E-state index in [1.807, 2.05) is 37.9 Å². The number of hydrogen-bond acceptors (Lipinski definition) is 5. The van der Waals surface area contributed by atoms with Gasteiger partial charge in [0.1, 0.15) is 12.4 Å². The average molecular weight is 461 g/mol. The van der Waals surface area contributed by atoms with E-state index in [0.717, 1.165) is 41.0 Å². The third-order valence-electron chi connectivity index (χ3n) is 4.87. The van der Waals surface area contributed by atoms with Crippen LogP contribution in [0.2, 0.25) is 0 Å². The molecule has 0 fully saturated rings. The first-order valence-corrected chi connectivity index (χ1v) is 10.2. The van der Waals surface area contributed by atoms with Crippen molar-refractivity contribution in [1.82, 2.24) is 19.9 Å². The lowest BCUT2D eigenvalue weighted by atomic mass is 10.2. The van der Waals surface area contributed by atoms with Crippen LogP contribution in [0.15, 0.2) is 53.4 Å². The Morgan fingerprint density at radius 2 is 2.06 bits per heavy atom. The number of ether oxygens (including phenoxy) is 1. The summed E-state index contributed by atoms with van der Waals surface area (Å²) in [5.74, 6) is 0.0968. The van der Waals surface area contributed by atoms with Gasteiger partial charge in [-0.1, -0.05) is 6.07 Å². The lowest BCUT2D eigenvalue weighted by Crippen LogP contribution is -2.18. The summed E-state index contributed by atoms with van der Waals surface area (Å²) in [4.78, 5) is 15.9. The van der Waals surface area contributed by atoms with Crippen molar-refractivity contribution >= 4 is 29.3 Å². The van der Waals surface area contributed by atoms with E-state index in [1.165, 1.54) is 19.2 Å². The van der Waals surface area contributed by atoms with Crippen LogP contribution in [0.4, 0.5) is 18.9 Å². The molecular weight excluding hydrogens is 435 g/mol. The predicted octanol–water partition coefficient (Wildman–Crippen LogP) is 5.00. The molecule has 0 bridgehead atoms. The van der Waals surface area contributed by atoms with E-state index < -0.39 is 11.7 Å². The van der Waals surface area contributed by atoms with E-state index in [1.54, 1.807) is 23.4 Å². The van der Waals surface area contributed by atoms with Crippen LogP contribution >= 0.6 is 0 Å². The smallest absolute Gasteiger partial charge is 0.416 e. The Labute approximate surface area is 190 Å². The van der Waals surface area contributed by atoms with E-state index in [2.05, 4.69) is 15.5 Å². The highest BCUT2D eigenvalue weighted by Crippen LogP contribution is 2.31. The zero-order valence-corrected chi connectivity index (χ0v) is 18.8. The van der Waals surface area contributed by atoms with Gasteiger partial charge in [-0.15, -0.1) is 0 Å². The number of alkyl halides is 3. The summed E-state index contributed by atoms with van der Waals surface area (Å²) in [7, 11) is 3.38. The van der Waals surface area contributed by atoms with Gasteiger partial charge in [-0.2, -0.15) is 13.2 Å². The quantitative estimate of drug-likeness (QED) is 0.276. The first-order valence-electron chi connectivity index (χ1n) is 10.2. The third kappa shape index (κ3) is 6.26. The minimum atomic E-state index is -4.44. The number of hydrogen-bond donors (Lipinski definition) is 1. The maximum Gasteiger partial charge on any atom is 0.416 e. The standard InChI is InChI=1S/C23H26F3N5O2/c1-5-30(3)14-27-20-11-21-22(9-16(20)2)31(15-28-21)12-18(29-32-4)13-33-19-8-6-7-17(10-19)23(24,25)26/h6-12,14-15,29H,5,13H2,1-4H3. The molecule has 10 heteroatoms. The number of nitrogens with one attached hydrogen (secondary N) is 1. The molecule has 176 valence electrons. The number of halogens is 3. The van der Waals surface area contributed by atoms with Crippen LogP contribution in [0.25, 0.3) is 17.2 Å². The molecule has 1 aromatic heterocycles. The molecule has 0 atom stereocenters. The van der Waals surface area contributed by atoms with Crippen molar-refractivity contribution in [2.24, 2.45) is 4.99 Å². The molecule has 1 N–H and O–H groups in total. The fourth-order valence-corrected chi connectivity index (χ4v) is 2.97. The van der Waals surface area contributed by atoms with Crippen LogP contribution in [-0.4, -0.2) is 48.1 Å². The van der Waals surface area contributed by atoms with Crippen LogP contribution in [0.5, 0.6) is 5.75 Å². The molecule has 0 amide bonds. The maximum atomic E-state index is 12.9. The Hall–Kier alpha value is -3.53. The lowest BCUT2D eigenvalue weighted by molar-refractivity contribution is -0.137. The highest BCUT2D eigenvalue weighted by molar-refractivity contribution is 5.83. The summed E-state index contributed by atoms with van der Waals surface area (Å²) in [5.41, 5.74) is 5.79. The summed E-state index contributed by atoms with van der Waals surface area (Å²) in [6, 6.07) is 8.59. The van der Waals surface area contributed by atoms with E-state index in [-0.39, 0.29) is 12.4 Å². The number of imidazole rings is 1. The van der Waals surface area contributed by atoms with Crippen molar-refractivity contribution in [1.29, 1.82) is 0 Å². The van der Waals surface area contributed by atoms with Crippen LogP contribution in [0.1, 0.15) is 18.1 Å². The molecule has 0 spiro atoms. The Balaban J connectivity index is 1.83. The second-order valence-electron chi connectivity index (χ2n) is 7.37. The van der Waals surface area contributed by atoms with E-state index in [9.17, 15) is 13.2 Å². The second-order valence-corrected chi connectivity index (χ2v) is 7.37. The summed E-state index contributed by atoms with van der Waals surface area (Å²) in [5, 5.41) is 0. The van der Waals surface area contributed by atoms with Crippen molar-refractivity contribution in [2.75, 3.05) is 27.3 Å². The van der Waals surface area contributed by atoms with Gasteiger partial charge < -0.3 is 14.2 Å². The molecule has 7 nitrogen and oxygen atoms in total. The molecule has 0 saturated heterocycles. The van der Waals surface area contributed by atoms with Crippen molar-refractivity contribution in [2.45, 2.75) is 20.0 Å². The Morgan fingerprint density at radius 3 is 2.76 bits per heavy atom. The fourth-order valence-electron chi connectivity index (χ4n) is 2.97. The Morgan fingerprint density at radius 1 is 1.27 bits per heavy atom. The number of aliphatic imine (C=N–C) groups is 1. The van der Waals surface area contributed by atoms with Gasteiger partial charge in [-0.3, -0.25) is 10.3 Å². The number of aryl methyl sites for hydroxylation is 1. The summed E-state index contributed by atoms with van der Waals surface area (Å²) in [6.45, 7) is 4.81. The number of aromatic nitrogens is 2. The molecule has 0 aliphatic heterocycles. The molecule has 3 aromatic rings. The van der Waals surface area contributed by atoms with Gasteiger partial charge in [-0.05, 0) is 49.7 Å². The summed E-state index contributed by atoms with van der Waals surface area (Å²) < 4.78 is 46.1. The lowest BCUT2D eigenvalue weighted by Gasteiger charge is -2.13. The molecule has 0 aliphatic carbocycles. The van der Waals surface area contributed by atoms with Gasteiger partial charge >= 0.3 is 6.18 Å². The highest BCUT2D eigenvalue weighted by atomic mass is 19.4. The minimum absolute atomic E-state index is 0.0421. The molecular formula is C23H26F3N5O2. The molecule has 2 aromatic carbocycles. The number of hydroxylamine groups is 1. The number of rotatable bonds is 9. The van der Waals surface area contributed by atoms with Crippen molar-refractivity contribution < 1.29 is 22.7 Å². The maximum absolute atomic E-state index is 12.9. The van der Waals surface area contributed by atoms with Gasteiger partial charge in [0.25, 0.3) is 0 Å². The highest BCUT2D eigenvalue weighted by Gasteiger charge is 2.30. The van der Waals surface area contributed by atoms with Crippen LogP contribution in [-0.2, 0) is 11.0 Å². The van der Waals surface area contributed by atoms with Gasteiger partial charge in [0.05, 0.1) is 47.8 Å². The average Bonchev–Trinajstić information content (AvgIpc) is 3.16. The van der Waals surface area contributed by atoms with Gasteiger partial charge in [0.2, 0.25) is 0 Å². The van der Waals surface area contributed by atoms with Crippen molar-refractivity contribution in [3.63, 3.8) is 0 Å². The molecule has 3 rings (SSSR count). The number of fused-ring (bicyclic) bond motifs is 1. The summed E-state index contributed by atoms with van der Waals surface area (Å²) >= 11 is 0. The van der Waals surface area contributed by atoms with Crippen LogP contribution in [0, 0.1) is 6.92 Å². The van der Waals surface area contributed by atoms with E-state index in [4.69, 9.17) is 9.57 Å². The number of nitrogens with zero attached hydrogens (tertiary/aromatic N) is 4. The van der Waals surface area contributed by atoms with Crippen LogP contribution < -0.4 is 10.2 Å². The minimum Gasteiger partial charge on any atom is -0.487 e. The Bertz CT molecular complexity index is 1150. The largest absolute Gasteiger partial charge is 0.487 e. The van der Waals surface area contributed by atoms with E-state index in [0.29, 0.717) is 5.70 Å². The van der Waals surface area contributed by atoms with Gasteiger partial charge in [-0.25, -0.2) is 9.98 Å². The SMILES string of the molecule is CCN(C)C=Nc1cc2ncn(C=C(COc3cccc(C(F)(F)F)c3)NOC)c2cc1C. The first kappa shape index (κ1) is 24.1. The summed E-state index contributed by atoms with van der Waals surface area (Å²) in [6.07, 6.45) is 0.680. The number of benzene rings is 2. The topological polar surface area (TPSA) is 63.9 Å². The van der Waals surface area contributed by atoms with E-state index >= 15 is 0 Å². The molecule has 0 saturated carbocycles. The van der Waals surface area contributed by atoms with Gasteiger partial charge in [0, 0.05) is 19.8 Å². The van der Waals surface area contributed by atoms with Crippen LogP contribution in [0.3, 0.4) is 0 Å². The van der Waals surface area contributed by atoms with Crippen molar-refractivity contribution in [3.05, 3.63) is 59.5 Å². The monoisotopic (exact) mass is 461 g/mol. The zero-order valence-electron chi connectivity index (χ0n) is 18.8. The molecule has 0 radical (unpaired) electrons. The van der Waals surface area contributed by atoms with Gasteiger partial charge in [0.15, 0.2) is 0 Å². The first-order chi connectivity index (χ1) is 15.7. The second kappa shape index (κ2) is 10.4. The third-order valence-corrected chi connectivity index (χ3v) is 4.87. The predicted molar refractivity (Wildman–Crippen MR) is 122 cm³/mol.